The standard InChI is InChI=1S/C17H20N/c1(4-9-16-10-6-3-7-11-16)2-5-12-17-13-8-14-18-15-17/h2-3,6-8,10-11,13-15H,1,4-5,9,12H2. The first-order valence-electron chi connectivity index (χ1n) is 6.69. The summed E-state index contributed by atoms with van der Waals surface area (Å²) in [6, 6.07) is 14.9. The van der Waals surface area contributed by atoms with E-state index in [0.717, 1.165) is 12.8 Å². The molecule has 1 nitrogen and oxygen atoms in total. The Morgan fingerprint density at radius 1 is 0.833 bits per heavy atom. The lowest BCUT2D eigenvalue weighted by molar-refractivity contribution is 0.759. The molecule has 1 aromatic carbocycles. The van der Waals surface area contributed by atoms with Crippen molar-refractivity contribution in [3.8, 4) is 0 Å². The van der Waals surface area contributed by atoms with E-state index in [1.54, 1.807) is 0 Å². The Morgan fingerprint density at radius 2 is 1.67 bits per heavy atom. The average molecular weight is 238 g/mol. The van der Waals surface area contributed by atoms with Crippen LogP contribution in [0.15, 0.2) is 54.9 Å². The van der Waals surface area contributed by atoms with Crippen LogP contribution in [0, 0.1) is 6.42 Å². The van der Waals surface area contributed by atoms with Gasteiger partial charge < -0.3 is 0 Å². The average Bonchev–Trinajstić information content (AvgIpc) is 2.45. The Labute approximate surface area is 110 Å². The quantitative estimate of drug-likeness (QED) is 0.657. The van der Waals surface area contributed by atoms with Crippen molar-refractivity contribution in [1.82, 2.24) is 4.98 Å². The third-order valence-corrected chi connectivity index (χ3v) is 3.08. The summed E-state index contributed by atoms with van der Waals surface area (Å²) in [5, 5.41) is 0. The number of nitrogens with zero attached hydrogens (tertiary/aromatic N) is 1. The third kappa shape index (κ3) is 4.70. The second-order valence-electron chi connectivity index (χ2n) is 4.57. The van der Waals surface area contributed by atoms with Crippen LogP contribution in [0.3, 0.4) is 0 Å². The Kier molecular flexibility index (Phi) is 5.45. The minimum atomic E-state index is 1.11. The van der Waals surface area contributed by atoms with Crippen LogP contribution >= 0.6 is 0 Å². The third-order valence-electron chi connectivity index (χ3n) is 3.08. The number of rotatable bonds is 7. The van der Waals surface area contributed by atoms with Gasteiger partial charge in [0.15, 0.2) is 0 Å². The topological polar surface area (TPSA) is 12.9 Å². The van der Waals surface area contributed by atoms with Crippen molar-refractivity contribution < 1.29 is 0 Å². The van der Waals surface area contributed by atoms with E-state index in [1.165, 1.54) is 30.4 Å². The molecular weight excluding hydrogens is 218 g/mol. The summed E-state index contributed by atoms with van der Waals surface area (Å²) in [4.78, 5) is 4.13. The summed E-state index contributed by atoms with van der Waals surface area (Å²) < 4.78 is 0. The van der Waals surface area contributed by atoms with E-state index in [4.69, 9.17) is 0 Å². The van der Waals surface area contributed by atoms with Gasteiger partial charge in [0.1, 0.15) is 0 Å². The largest absolute Gasteiger partial charge is 0.264 e. The molecule has 1 heteroatoms. The van der Waals surface area contributed by atoms with E-state index < -0.39 is 0 Å². The van der Waals surface area contributed by atoms with E-state index in [1.807, 2.05) is 18.5 Å². The molecule has 1 aromatic heterocycles. The van der Waals surface area contributed by atoms with Crippen LogP contribution in [0.1, 0.15) is 30.4 Å². The molecule has 1 heterocycles. The number of hydrogen-bond acceptors (Lipinski definition) is 1. The first kappa shape index (κ1) is 12.8. The van der Waals surface area contributed by atoms with E-state index in [9.17, 15) is 0 Å². The maximum Gasteiger partial charge on any atom is 0.0299 e. The van der Waals surface area contributed by atoms with Crippen molar-refractivity contribution in [3.63, 3.8) is 0 Å². The SMILES string of the molecule is [CH](CCCc1ccccc1)CCc1cccnc1. The van der Waals surface area contributed by atoms with E-state index in [-0.39, 0.29) is 0 Å². The molecule has 2 aromatic rings. The Balaban J connectivity index is 1.54. The van der Waals surface area contributed by atoms with Gasteiger partial charge in [-0.05, 0) is 55.7 Å². The molecule has 2 rings (SSSR count). The van der Waals surface area contributed by atoms with Crippen molar-refractivity contribution >= 4 is 0 Å². The maximum absolute atomic E-state index is 4.13. The van der Waals surface area contributed by atoms with Crippen LogP contribution in [-0.4, -0.2) is 4.98 Å². The lowest BCUT2D eigenvalue weighted by Crippen LogP contribution is -1.89. The smallest absolute Gasteiger partial charge is 0.0299 e. The molecule has 0 aliphatic heterocycles. The molecule has 93 valence electrons. The number of aryl methyl sites for hydroxylation is 2. The number of benzene rings is 1. The van der Waals surface area contributed by atoms with Gasteiger partial charge in [-0.25, -0.2) is 0 Å². The van der Waals surface area contributed by atoms with Crippen molar-refractivity contribution in [3.05, 3.63) is 72.4 Å². The molecule has 0 aliphatic rings. The van der Waals surface area contributed by atoms with Gasteiger partial charge in [-0.1, -0.05) is 36.4 Å². The molecule has 0 unspecified atom stereocenters. The normalized spacial score (nSPS) is 10.4. The van der Waals surface area contributed by atoms with Crippen LogP contribution in [-0.2, 0) is 12.8 Å². The van der Waals surface area contributed by atoms with Gasteiger partial charge >= 0.3 is 0 Å². The van der Waals surface area contributed by atoms with Gasteiger partial charge in [-0.3, -0.25) is 4.98 Å². The monoisotopic (exact) mass is 238 g/mol. The summed E-state index contributed by atoms with van der Waals surface area (Å²) in [7, 11) is 0. The van der Waals surface area contributed by atoms with Crippen molar-refractivity contribution in [2.75, 3.05) is 0 Å². The van der Waals surface area contributed by atoms with Crippen LogP contribution in [0.4, 0.5) is 0 Å². The zero-order chi connectivity index (χ0) is 12.5. The van der Waals surface area contributed by atoms with Gasteiger partial charge in [-0.2, -0.15) is 0 Å². The molecule has 0 saturated heterocycles. The molecule has 18 heavy (non-hydrogen) atoms. The first-order valence-corrected chi connectivity index (χ1v) is 6.69. The minimum absolute atomic E-state index is 1.11. The Bertz CT molecular complexity index is 378. The molecule has 0 aliphatic carbocycles. The van der Waals surface area contributed by atoms with Crippen LogP contribution < -0.4 is 0 Å². The molecular formula is C17H20N. The Morgan fingerprint density at radius 3 is 2.44 bits per heavy atom. The van der Waals surface area contributed by atoms with Crippen LogP contribution in [0.2, 0.25) is 0 Å². The number of hydrogen-bond donors (Lipinski definition) is 0. The van der Waals surface area contributed by atoms with E-state index >= 15 is 0 Å². The molecule has 0 fully saturated rings. The molecule has 0 saturated carbocycles. The summed E-state index contributed by atoms with van der Waals surface area (Å²) in [6.45, 7) is 0. The van der Waals surface area contributed by atoms with E-state index in [2.05, 4.69) is 47.8 Å². The summed E-state index contributed by atoms with van der Waals surface area (Å²) >= 11 is 0. The number of aromatic nitrogens is 1. The highest BCUT2D eigenvalue weighted by Gasteiger charge is 1.95. The lowest BCUT2D eigenvalue weighted by Gasteiger charge is -2.02. The fourth-order valence-electron chi connectivity index (χ4n) is 2.05. The molecule has 0 amide bonds. The summed E-state index contributed by atoms with van der Waals surface area (Å²) in [6.07, 6.45) is 12.1. The fraction of sp³-hybridized carbons (Fsp3) is 0.294. The maximum atomic E-state index is 4.13. The highest BCUT2D eigenvalue weighted by molar-refractivity contribution is 5.14. The highest BCUT2D eigenvalue weighted by atomic mass is 14.6. The highest BCUT2D eigenvalue weighted by Crippen LogP contribution is 2.09. The molecule has 0 bridgehead atoms. The molecule has 0 N–H and O–H groups in total. The second kappa shape index (κ2) is 7.65. The lowest BCUT2D eigenvalue weighted by atomic mass is 10.0. The molecule has 0 spiro atoms. The number of pyridine rings is 1. The van der Waals surface area contributed by atoms with Gasteiger partial charge in [-0.15, -0.1) is 0 Å². The zero-order valence-corrected chi connectivity index (χ0v) is 10.8. The predicted molar refractivity (Wildman–Crippen MR) is 76.2 cm³/mol. The van der Waals surface area contributed by atoms with Gasteiger partial charge in [0.05, 0.1) is 0 Å². The minimum Gasteiger partial charge on any atom is -0.264 e. The van der Waals surface area contributed by atoms with Gasteiger partial charge in [0.25, 0.3) is 0 Å². The fourth-order valence-corrected chi connectivity index (χ4v) is 2.05. The summed E-state index contributed by atoms with van der Waals surface area (Å²) in [5.41, 5.74) is 2.77. The van der Waals surface area contributed by atoms with Crippen molar-refractivity contribution in [1.29, 1.82) is 0 Å². The van der Waals surface area contributed by atoms with E-state index in [0.29, 0.717) is 0 Å². The van der Waals surface area contributed by atoms with Crippen LogP contribution in [0.5, 0.6) is 0 Å². The molecule has 0 atom stereocenters. The van der Waals surface area contributed by atoms with Gasteiger partial charge in [0, 0.05) is 12.4 Å². The zero-order valence-electron chi connectivity index (χ0n) is 10.8. The van der Waals surface area contributed by atoms with Crippen molar-refractivity contribution in [2.45, 2.75) is 32.1 Å². The summed E-state index contributed by atoms with van der Waals surface area (Å²) in [5.74, 6) is 0. The first-order chi connectivity index (χ1) is 8.95. The van der Waals surface area contributed by atoms with Gasteiger partial charge in [0.2, 0.25) is 0 Å². The second-order valence-corrected chi connectivity index (χ2v) is 4.57. The van der Waals surface area contributed by atoms with Crippen molar-refractivity contribution in [2.24, 2.45) is 0 Å². The number of unbranched alkanes of at least 4 members (excludes halogenated alkanes) is 3. The Hall–Kier alpha value is -1.63. The predicted octanol–water partition coefficient (Wildman–Crippen LogP) is 4.24. The molecule has 1 radical (unpaired) electrons. The van der Waals surface area contributed by atoms with Crippen LogP contribution in [0.25, 0.3) is 0 Å².